The summed E-state index contributed by atoms with van der Waals surface area (Å²) in [7, 11) is 0. The molecule has 1 aromatic heterocycles. The third kappa shape index (κ3) is 3.31. The quantitative estimate of drug-likeness (QED) is 0.798. The lowest BCUT2D eigenvalue weighted by Crippen LogP contribution is -2.14. The molecule has 5 nitrogen and oxygen atoms in total. The Bertz CT molecular complexity index is 682. The van der Waals surface area contributed by atoms with E-state index in [2.05, 4.69) is 15.5 Å². The first-order valence-electron chi connectivity index (χ1n) is 6.53. The highest BCUT2D eigenvalue weighted by molar-refractivity contribution is 6.36. The lowest BCUT2D eigenvalue weighted by atomic mass is 10.2. The molecule has 0 atom stereocenters. The molecule has 4 N–H and O–H groups in total. The smallest absolute Gasteiger partial charge is 0.278 e. The Labute approximate surface area is 132 Å². The van der Waals surface area contributed by atoms with Gasteiger partial charge >= 0.3 is 0 Å². The number of carbonyl (C=O) groups excluding carboxylic acids is 1. The summed E-state index contributed by atoms with van der Waals surface area (Å²) in [6, 6.07) is 3.29. The van der Waals surface area contributed by atoms with Gasteiger partial charge < -0.3 is 11.1 Å². The number of benzene rings is 1. The van der Waals surface area contributed by atoms with Gasteiger partial charge in [0.05, 0.1) is 22.1 Å². The number of nitrogens with one attached hydrogen (secondary N) is 2. The van der Waals surface area contributed by atoms with Crippen molar-refractivity contribution in [2.75, 3.05) is 11.1 Å². The zero-order valence-corrected chi connectivity index (χ0v) is 13.3. The van der Waals surface area contributed by atoms with E-state index in [-0.39, 0.29) is 5.69 Å². The topological polar surface area (TPSA) is 83.8 Å². The number of carbonyl (C=O) groups is 1. The van der Waals surface area contributed by atoms with Crippen LogP contribution in [-0.2, 0) is 6.42 Å². The molecular weight excluding hydrogens is 311 g/mol. The summed E-state index contributed by atoms with van der Waals surface area (Å²) in [5, 5.41) is 10.4. The summed E-state index contributed by atoms with van der Waals surface area (Å²) in [6.07, 6.45) is 1.65. The number of nitrogen functional groups attached to an aromatic ring is 1. The van der Waals surface area contributed by atoms with Crippen LogP contribution in [-0.4, -0.2) is 16.1 Å². The Morgan fingerprint density at radius 2 is 2.10 bits per heavy atom. The fourth-order valence-electron chi connectivity index (χ4n) is 1.92. The second-order valence-electron chi connectivity index (χ2n) is 4.75. The molecule has 112 valence electrons. The lowest BCUT2D eigenvalue weighted by molar-refractivity contribution is 0.102. The van der Waals surface area contributed by atoms with Gasteiger partial charge in [-0.3, -0.25) is 9.89 Å². The van der Waals surface area contributed by atoms with Crippen LogP contribution in [0.4, 0.5) is 11.4 Å². The molecule has 1 amide bonds. The van der Waals surface area contributed by atoms with Gasteiger partial charge in [0, 0.05) is 5.02 Å². The summed E-state index contributed by atoms with van der Waals surface area (Å²) in [5.41, 5.74) is 8.47. The number of anilines is 2. The van der Waals surface area contributed by atoms with Crippen molar-refractivity contribution >= 4 is 40.5 Å². The number of aromatic amines is 1. The van der Waals surface area contributed by atoms with Crippen molar-refractivity contribution < 1.29 is 4.79 Å². The van der Waals surface area contributed by atoms with Crippen LogP contribution in [0.2, 0.25) is 10.0 Å². The summed E-state index contributed by atoms with van der Waals surface area (Å²) < 4.78 is 0. The number of rotatable bonds is 4. The van der Waals surface area contributed by atoms with Gasteiger partial charge in [-0.1, -0.05) is 36.5 Å². The Balaban J connectivity index is 2.24. The maximum Gasteiger partial charge on any atom is 0.278 e. The summed E-state index contributed by atoms with van der Waals surface area (Å²) in [6.45, 7) is 3.86. The number of nitrogens with two attached hydrogens (primary N) is 1. The molecule has 1 aromatic carbocycles. The van der Waals surface area contributed by atoms with Crippen LogP contribution in [0.1, 0.15) is 35.1 Å². The van der Waals surface area contributed by atoms with Gasteiger partial charge in [-0.25, -0.2) is 0 Å². The average Bonchev–Trinajstić information content (AvgIpc) is 2.78. The minimum atomic E-state index is -0.423. The number of amides is 1. The minimum Gasteiger partial charge on any atom is -0.395 e. The van der Waals surface area contributed by atoms with Crippen molar-refractivity contribution in [2.24, 2.45) is 0 Å². The first-order chi connectivity index (χ1) is 9.93. The molecule has 0 bridgehead atoms. The van der Waals surface area contributed by atoms with Gasteiger partial charge in [0.1, 0.15) is 0 Å². The fraction of sp³-hybridized carbons (Fsp3) is 0.286. The van der Waals surface area contributed by atoms with Crippen molar-refractivity contribution in [3.05, 3.63) is 39.1 Å². The maximum atomic E-state index is 12.2. The Morgan fingerprint density at radius 1 is 1.38 bits per heavy atom. The molecule has 2 aromatic rings. The second-order valence-corrected chi connectivity index (χ2v) is 5.56. The van der Waals surface area contributed by atoms with Crippen molar-refractivity contribution in [2.45, 2.75) is 26.7 Å². The van der Waals surface area contributed by atoms with Gasteiger partial charge in [-0.15, -0.1) is 0 Å². The molecule has 0 spiro atoms. The zero-order chi connectivity index (χ0) is 15.6. The summed E-state index contributed by atoms with van der Waals surface area (Å²) in [5.74, 6) is -0.423. The van der Waals surface area contributed by atoms with Gasteiger partial charge in [-0.05, 0) is 31.0 Å². The van der Waals surface area contributed by atoms with Gasteiger partial charge in [-0.2, -0.15) is 5.10 Å². The SMILES string of the molecule is CCCc1[nH]nc(C(=O)Nc2cc(Cl)c(C)cc2Cl)c1N. The van der Waals surface area contributed by atoms with Crippen LogP contribution in [0.15, 0.2) is 12.1 Å². The van der Waals surface area contributed by atoms with Crippen LogP contribution in [0.3, 0.4) is 0 Å². The Morgan fingerprint density at radius 3 is 2.76 bits per heavy atom. The van der Waals surface area contributed by atoms with E-state index in [1.807, 2.05) is 13.8 Å². The van der Waals surface area contributed by atoms with Gasteiger partial charge in [0.2, 0.25) is 0 Å². The molecule has 1 heterocycles. The van der Waals surface area contributed by atoms with Crippen LogP contribution in [0.5, 0.6) is 0 Å². The summed E-state index contributed by atoms with van der Waals surface area (Å²) in [4.78, 5) is 12.2. The van der Waals surface area contributed by atoms with Crippen molar-refractivity contribution in [1.29, 1.82) is 0 Å². The normalized spacial score (nSPS) is 10.7. The van der Waals surface area contributed by atoms with E-state index < -0.39 is 5.91 Å². The number of nitrogens with zero attached hydrogens (tertiary/aromatic N) is 1. The van der Waals surface area contributed by atoms with Gasteiger partial charge in [0.15, 0.2) is 5.69 Å². The van der Waals surface area contributed by atoms with Crippen LogP contribution in [0.25, 0.3) is 0 Å². The second kappa shape index (κ2) is 6.37. The number of hydrogen-bond donors (Lipinski definition) is 3. The zero-order valence-electron chi connectivity index (χ0n) is 11.8. The lowest BCUT2D eigenvalue weighted by Gasteiger charge is -2.08. The summed E-state index contributed by atoms with van der Waals surface area (Å²) >= 11 is 12.1. The number of aromatic nitrogens is 2. The number of halogens is 2. The monoisotopic (exact) mass is 326 g/mol. The molecule has 0 radical (unpaired) electrons. The molecular formula is C14H16Cl2N4O. The molecule has 0 saturated carbocycles. The largest absolute Gasteiger partial charge is 0.395 e. The molecule has 0 fully saturated rings. The molecule has 0 saturated heterocycles. The Hall–Kier alpha value is -1.72. The molecule has 0 aliphatic heterocycles. The van der Waals surface area contributed by atoms with Crippen LogP contribution >= 0.6 is 23.2 Å². The van der Waals surface area contributed by atoms with Crippen LogP contribution < -0.4 is 11.1 Å². The number of aryl methyl sites for hydroxylation is 2. The van der Waals surface area contributed by atoms with E-state index in [0.717, 1.165) is 24.1 Å². The molecule has 7 heteroatoms. The van der Waals surface area contributed by atoms with E-state index in [4.69, 9.17) is 28.9 Å². The van der Waals surface area contributed by atoms with E-state index in [1.165, 1.54) is 0 Å². The predicted octanol–water partition coefficient (Wildman–Crippen LogP) is 3.81. The first-order valence-corrected chi connectivity index (χ1v) is 7.29. The highest BCUT2D eigenvalue weighted by atomic mass is 35.5. The maximum absolute atomic E-state index is 12.2. The molecule has 2 rings (SSSR count). The van der Waals surface area contributed by atoms with Crippen molar-refractivity contribution in [3.63, 3.8) is 0 Å². The van der Waals surface area contributed by atoms with E-state index in [9.17, 15) is 4.79 Å². The van der Waals surface area contributed by atoms with E-state index in [0.29, 0.717) is 21.4 Å². The Kier molecular flexibility index (Phi) is 4.75. The highest BCUT2D eigenvalue weighted by Gasteiger charge is 2.18. The third-order valence-electron chi connectivity index (χ3n) is 3.09. The fourth-order valence-corrected chi connectivity index (χ4v) is 2.35. The molecule has 0 aliphatic carbocycles. The molecule has 0 unspecified atom stereocenters. The number of hydrogen-bond acceptors (Lipinski definition) is 3. The van der Waals surface area contributed by atoms with Crippen LogP contribution in [0, 0.1) is 6.92 Å². The van der Waals surface area contributed by atoms with E-state index >= 15 is 0 Å². The molecule has 0 aliphatic rings. The average molecular weight is 327 g/mol. The van der Waals surface area contributed by atoms with Gasteiger partial charge in [0.25, 0.3) is 5.91 Å². The predicted molar refractivity (Wildman–Crippen MR) is 86.1 cm³/mol. The minimum absolute atomic E-state index is 0.159. The highest BCUT2D eigenvalue weighted by Crippen LogP contribution is 2.29. The van der Waals surface area contributed by atoms with E-state index in [1.54, 1.807) is 12.1 Å². The van der Waals surface area contributed by atoms with Crippen molar-refractivity contribution in [1.82, 2.24) is 10.2 Å². The standard InChI is InChI=1S/C14H16Cl2N4O/c1-3-4-10-12(17)13(20-19-10)14(21)18-11-6-8(15)7(2)5-9(11)16/h5-6H,3-4,17H2,1-2H3,(H,18,21)(H,19,20). The third-order valence-corrected chi connectivity index (χ3v) is 3.81. The number of H-pyrrole nitrogens is 1. The van der Waals surface area contributed by atoms with Crippen molar-refractivity contribution in [3.8, 4) is 0 Å². The first kappa shape index (κ1) is 15.7. The molecule has 21 heavy (non-hydrogen) atoms.